The minimum atomic E-state index is -0.301. The minimum absolute atomic E-state index is 0.301. The number of carbonyl (C=O) groups excluding carboxylic acids is 1. The molecule has 6 nitrogen and oxygen atoms in total. The average molecular weight is 377 g/mol. The van der Waals surface area contributed by atoms with Crippen LogP contribution in [0.1, 0.15) is 23.0 Å². The van der Waals surface area contributed by atoms with Crippen LogP contribution in [0.5, 0.6) is 11.5 Å². The van der Waals surface area contributed by atoms with E-state index in [0.29, 0.717) is 23.7 Å². The Balaban J connectivity index is 1.72. The summed E-state index contributed by atoms with van der Waals surface area (Å²) in [6.45, 7) is 4.47. The summed E-state index contributed by atoms with van der Waals surface area (Å²) in [5.74, 6) is 1.06. The summed E-state index contributed by atoms with van der Waals surface area (Å²) >= 11 is 0. The maximum Gasteiger partial charge on any atom is 0.274 e. The van der Waals surface area contributed by atoms with Crippen molar-refractivity contribution in [3.63, 3.8) is 0 Å². The molecule has 0 radical (unpaired) electrons. The lowest BCUT2D eigenvalue weighted by Gasteiger charge is -2.13. The number of nitrogens with zero attached hydrogens (tertiary/aromatic N) is 1. The van der Waals surface area contributed by atoms with E-state index >= 15 is 0 Å². The van der Waals surface area contributed by atoms with Gasteiger partial charge in [0.1, 0.15) is 17.2 Å². The van der Waals surface area contributed by atoms with Gasteiger partial charge in [-0.15, -0.1) is 0 Å². The predicted molar refractivity (Wildman–Crippen MR) is 111 cm³/mol. The Bertz CT molecular complexity index is 955. The molecular weight excluding hydrogens is 354 g/mol. The fourth-order valence-electron chi connectivity index (χ4n) is 2.71. The number of anilines is 3. The van der Waals surface area contributed by atoms with Crippen molar-refractivity contribution in [1.29, 1.82) is 0 Å². The van der Waals surface area contributed by atoms with Gasteiger partial charge in [-0.3, -0.25) is 4.79 Å². The van der Waals surface area contributed by atoms with Gasteiger partial charge in [-0.25, -0.2) is 4.98 Å². The summed E-state index contributed by atoms with van der Waals surface area (Å²) < 4.78 is 10.9. The first-order valence-electron chi connectivity index (χ1n) is 9.01. The zero-order valence-electron chi connectivity index (χ0n) is 16.2. The molecule has 0 spiro atoms. The van der Waals surface area contributed by atoms with Crippen LogP contribution < -0.4 is 20.1 Å². The summed E-state index contributed by atoms with van der Waals surface area (Å²) in [5, 5.41) is 6.11. The topological polar surface area (TPSA) is 72.5 Å². The van der Waals surface area contributed by atoms with E-state index in [0.717, 1.165) is 22.7 Å². The van der Waals surface area contributed by atoms with Gasteiger partial charge < -0.3 is 20.1 Å². The quantitative estimate of drug-likeness (QED) is 0.619. The van der Waals surface area contributed by atoms with Crippen LogP contribution in [0.15, 0.2) is 60.8 Å². The second kappa shape index (κ2) is 8.90. The van der Waals surface area contributed by atoms with Crippen LogP contribution in [0.3, 0.4) is 0 Å². The first-order valence-corrected chi connectivity index (χ1v) is 9.01. The second-order valence-electron chi connectivity index (χ2n) is 6.14. The fourth-order valence-corrected chi connectivity index (χ4v) is 2.71. The molecule has 1 amide bonds. The number of pyridine rings is 1. The van der Waals surface area contributed by atoms with E-state index < -0.39 is 0 Å². The number of aromatic nitrogens is 1. The SMILES string of the molecule is CCOc1ccccc1Nc1ccc(C(=O)Nc2cc(C)ccc2OC)nc1. The number of hydrogen-bond donors (Lipinski definition) is 2. The first kappa shape index (κ1) is 19.2. The molecule has 0 saturated heterocycles. The monoisotopic (exact) mass is 377 g/mol. The van der Waals surface area contributed by atoms with E-state index in [9.17, 15) is 4.79 Å². The van der Waals surface area contributed by atoms with Crippen LogP contribution in [0.2, 0.25) is 0 Å². The van der Waals surface area contributed by atoms with Crippen molar-refractivity contribution >= 4 is 23.0 Å². The Morgan fingerprint density at radius 3 is 2.57 bits per heavy atom. The van der Waals surface area contributed by atoms with Gasteiger partial charge in [-0.05, 0) is 55.8 Å². The number of amides is 1. The summed E-state index contributed by atoms with van der Waals surface area (Å²) in [6, 6.07) is 16.7. The maximum absolute atomic E-state index is 12.5. The third kappa shape index (κ3) is 4.59. The predicted octanol–water partition coefficient (Wildman–Crippen LogP) is 4.79. The van der Waals surface area contributed by atoms with Gasteiger partial charge in [0, 0.05) is 0 Å². The number of carbonyl (C=O) groups is 1. The van der Waals surface area contributed by atoms with Gasteiger partial charge >= 0.3 is 0 Å². The fraction of sp³-hybridized carbons (Fsp3) is 0.182. The highest BCUT2D eigenvalue weighted by atomic mass is 16.5. The van der Waals surface area contributed by atoms with Crippen LogP contribution in [0.4, 0.5) is 17.1 Å². The highest BCUT2D eigenvalue weighted by Gasteiger charge is 2.12. The molecule has 1 aromatic heterocycles. The summed E-state index contributed by atoms with van der Waals surface area (Å²) in [5.41, 5.74) is 3.55. The Labute approximate surface area is 164 Å². The molecule has 0 fully saturated rings. The van der Waals surface area contributed by atoms with Crippen molar-refractivity contribution in [1.82, 2.24) is 4.98 Å². The van der Waals surface area contributed by atoms with E-state index in [2.05, 4.69) is 15.6 Å². The van der Waals surface area contributed by atoms with Gasteiger partial charge in [0.2, 0.25) is 0 Å². The van der Waals surface area contributed by atoms with E-state index in [4.69, 9.17) is 9.47 Å². The largest absolute Gasteiger partial charge is 0.495 e. The molecule has 0 aliphatic heterocycles. The number of aryl methyl sites for hydroxylation is 1. The van der Waals surface area contributed by atoms with Crippen LogP contribution in [0.25, 0.3) is 0 Å². The highest BCUT2D eigenvalue weighted by molar-refractivity contribution is 6.03. The number of ether oxygens (including phenoxy) is 2. The Hall–Kier alpha value is -3.54. The second-order valence-corrected chi connectivity index (χ2v) is 6.14. The third-order valence-electron chi connectivity index (χ3n) is 4.07. The molecule has 144 valence electrons. The first-order chi connectivity index (χ1) is 13.6. The molecule has 2 N–H and O–H groups in total. The van der Waals surface area contributed by atoms with Crippen LogP contribution in [-0.4, -0.2) is 24.6 Å². The molecule has 0 atom stereocenters. The maximum atomic E-state index is 12.5. The van der Waals surface area contributed by atoms with E-state index in [1.807, 2.05) is 56.3 Å². The third-order valence-corrected chi connectivity index (χ3v) is 4.07. The lowest BCUT2D eigenvalue weighted by Crippen LogP contribution is -2.14. The molecule has 3 rings (SSSR count). The number of hydrogen-bond acceptors (Lipinski definition) is 5. The number of benzene rings is 2. The summed E-state index contributed by atoms with van der Waals surface area (Å²) in [6.07, 6.45) is 1.62. The van der Waals surface area contributed by atoms with Gasteiger partial charge in [-0.2, -0.15) is 0 Å². The number of rotatable bonds is 7. The van der Waals surface area contributed by atoms with E-state index in [-0.39, 0.29) is 5.91 Å². The van der Waals surface area contributed by atoms with Gasteiger partial charge in [0.25, 0.3) is 5.91 Å². The zero-order chi connectivity index (χ0) is 19.9. The Morgan fingerprint density at radius 1 is 1.04 bits per heavy atom. The van der Waals surface area contributed by atoms with Crippen molar-refractivity contribution < 1.29 is 14.3 Å². The van der Waals surface area contributed by atoms with Crippen molar-refractivity contribution in [2.24, 2.45) is 0 Å². The van der Waals surface area contributed by atoms with Crippen LogP contribution in [0, 0.1) is 6.92 Å². The van der Waals surface area contributed by atoms with Gasteiger partial charge in [0.05, 0.1) is 37.0 Å². The van der Waals surface area contributed by atoms with Crippen molar-refractivity contribution in [3.8, 4) is 11.5 Å². The summed E-state index contributed by atoms with van der Waals surface area (Å²) in [4.78, 5) is 16.8. The average Bonchev–Trinajstić information content (AvgIpc) is 2.70. The molecule has 0 unspecified atom stereocenters. The Morgan fingerprint density at radius 2 is 1.86 bits per heavy atom. The van der Waals surface area contributed by atoms with Crippen LogP contribution in [-0.2, 0) is 0 Å². The van der Waals surface area contributed by atoms with Crippen molar-refractivity contribution in [2.75, 3.05) is 24.4 Å². The molecule has 0 saturated carbocycles. The Kier molecular flexibility index (Phi) is 6.11. The van der Waals surface area contributed by atoms with Gasteiger partial charge in [0.15, 0.2) is 0 Å². The number of nitrogens with one attached hydrogen (secondary N) is 2. The molecule has 2 aromatic carbocycles. The number of para-hydroxylation sites is 2. The lowest BCUT2D eigenvalue weighted by atomic mass is 10.2. The molecule has 0 bridgehead atoms. The molecule has 0 aliphatic rings. The highest BCUT2D eigenvalue weighted by Crippen LogP contribution is 2.28. The molecular formula is C22H23N3O3. The lowest BCUT2D eigenvalue weighted by molar-refractivity contribution is 0.102. The minimum Gasteiger partial charge on any atom is -0.495 e. The zero-order valence-corrected chi connectivity index (χ0v) is 16.2. The molecule has 6 heteroatoms. The van der Waals surface area contributed by atoms with Gasteiger partial charge in [-0.1, -0.05) is 18.2 Å². The standard InChI is InChI=1S/C22H23N3O3/c1-4-28-21-8-6-5-7-17(21)24-16-10-11-18(23-14-16)22(26)25-19-13-15(2)9-12-20(19)27-3/h5-14,24H,4H2,1-3H3,(H,25,26). The van der Waals surface area contributed by atoms with Crippen LogP contribution >= 0.6 is 0 Å². The normalized spacial score (nSPS) is 10.2. The molecule has 0 aliphatic carbocycles. The molecule has 1 heterocycles. The summed E-state index contributed by atoms with van der Waals surface area (Å²) in [7, 11) is 1.57. The van der Waals surface area contributed by atoms with Crippen molar-refractivity contribution in [3.05, 3.63) is 72.1 Å². The number of methoxy groups -OCH3 is 1. The van der Waals surface area contributed by atoms with Crippen molar-refractivity contribution in [2.45, 2.75) is 13.8 Å². The van der Waals surface area contributed by atoms with E-state index in [1.54, 1.807) is 25.4 Å². The molecule has 28 heavy (non-hydrogen) atoms. The molecule has 3 aromatic rings. The van der Waals surface area contributed by atoms with E-state index in [1.165, 1.54) is 0 Å². The smallest absolute Gasteiger partial charge is 0.274 e.